The Hall–Kier alpha value is -2.80. The molecule has 1 aliphatic carbocycles. The third-order valence-electron chi connectivity index (χ3n) is 5.82. The first-order valence-corrected chi connectivity index (χ1v) is 10.4. The van der Waals surface area contributed by atoms with E-state index in [-0.39, 0.29) is 10.8 Å². The van der Waals surface area contributed by atoms with E-state index in [1.54, 1.807) is 0 Å². The first-order chi connectivity index (χ1) is 13.6. The van der Waals surface area contributed by atoms with Crippen molar-refractivity contribution in [3.63, 3.8) is 0 Å². The van der Waals surface area contributed by atoms with E-state index in [0.29, 0.717) is 0 Å². The van der Waals surface area contributed by atoms with Crippen LogP contribution in [0.5, 0.6) is 0 Å². The van der Waals surface area contributed by atoms with Crippen molar-refractivity contribution < 1.29 is 0 Å². The van der Waals surface area contributed by atoms with E-state index in [9.17, 15) is 0 Å². The lowest BCUT2D eigenvalue weighted by molar-refractivity contribution is 0.401. The van der Waals surface area contributed by atoms with Gasteiger partial charge in [-0.15, -0.1) is 0 Å². The molecule has 1 nitrogen and oxygen atoms in total. The molecule has 0 radical (unpaired) electrons. The smallest absolute Gasteiger partial charge is 0.0506 e. The van der Waals surface area contributed by atoms with Gasteiger partial charge >= 0.3 is 0 Å². The first kappa shape index (κ1) is 18.6. The highest BCUT2D eigenvalue weighted by Gasteiger charge is 2.47. The van der Waals surface area contributed by atoms with Gasteiger partial charge < -0.3 is 4.90 Å². The van der Waals surface area contributed by atoms with Gasteiger partial charge in [0, 0.05) is 11.1 Å². The predicted octanol–water partition coefficient (Wildman–Crippen LogP) is 7.77. The lowest BCUT2D eigenvalue weighted by Crippen LogP contribution is -2.34. The molecule has 0 bridgehead atoms. The summed E-state index contributed by atoms with van der Waals surface area (Å²) < 4.78 is 0. The fraction of sp³-hybridized carbons (Fsp3) is 0.259. The maximum absolute atomic E-state index is 2.45. The quantitative estimate of drug-likeness (QED) is 0.397. The lowest BCUT2D eigenvalue weighted by atomic mass is 9.67. The van der Waals surface area contributed by atoms with Gasteiger partial charge in [0.15, 0.2) is 0 Å². The molecule has 5 rings (SSSR count). The molecule has 1 heteroatoms. The fourth-order valence-corrected chi connectivity index (χ4v) is 4.80. The molecule has 3 aromatic carbocycles. The molecule has 0 amide bonds. The van der Waals surface area contributed by atoms with Crippen molar-refractivity contribution >= 4 is 17.1 Å². The minimum Gasteiger partial charge on any atom is -0.310 e. The number of fused-ring (bicyclic) bond motifs is 4. The molecule has 28 heavy (non-hydrogen) atoms. The molecule has 0 fully saturated rings. The highest BCUT2D eigenvalue weighted by molar-refractivity contribution is 5.87. The number of benzene rings is 3. The predicted molar refractivity (Wildman–Crippen MR) is 121 cm³/mol. The van der Waals surface area contributed by atoms with Gasteiger partial charge in [0.2, 0.25) is 0 Å². The Morgan fingerprint density at radius 2 is 1.14 bits per heavy atom. The van der Waals surface area contributed by atoms with Crippen LogP contribution in [0.1, 0.15) is 45.2 Å². The van der Waals surface area contributed by atoms with Crippen LogP contribution in [0, 0.1) is 5.41 Å². The normalized spacial score (nSPS) is 17.5. The van der Waals surface area contributed by atoms with Crippen molar-refractivity contribution in [2.45, 2.75) is 39.5 Å². The van der Waals surface area contributed by atoms with E-state index in [1.807, 2.05) is 13.8 Å². The summed E-state index contributed by atoms with van der Waals surface area (Å²) in [5, 5.41) is 0. The topological polar surface area (TPSA) is 3.24 Å². The average molecular weight is 368 g/mol. The standard InChI is InChI=1S/C25H23N.C2H6/c1-24(2)16-17-25(18-24)20-12-6-8-14-22(20)26(19-10-4-3-5-11-19)23-15-9-7-13-21(23)25;1-2/h3-17H,18H2,1-2H3;1-2H3. The van der Waals surface area contributed by atoms with Crippen LogP contribution in [0.25, 0.3) is 0 Å². The Morgan fingerprint density at radius 1 is 0.643 bits per heavy atom. The number of allylic oxidation sites excluding steroid dienone is 2. The SMILES string of the molecule is CC.CC1(C)C=CC2(C1)c1ccccc1N(c1ccccc1)c1ccccc12. The molecule has 0 atom stereocenters. The Labute approximate surface area is 169 Å². The molecular formula is C27H29N. The van der Waals surface area contributed by atoms with Crippen molar-refractivity contribution in [1.82, 2.24) is 0 Å². The van der Waals surface area contributed by atoms with Crippen molar-refractivity contribution in [1.29, 1.82) is 0 Å². The maximum atomic E-state index is 2.45. The molecule has 0 N–H and O–H groups in total. The Bertz CT molecular complexity index is 950. The van der Waals surface area contributed by atoms with Gasteiger partial charge in [-0.25, -0.2) is 0 Å². The van der Waals surface area contributed by atoms with Gasteiger partial charge in [-0.2, -0.15) is 0 Å². The second kappa shape index (κ2) is 6.98. The summed E-state index contributed by atoms with van der Waals surface area (Å²) in [6.45, 7) is 8.68. The number of rotatable bonds is 1. The van der Waals surface area contributed by atoms with Crippen LogP contribution in [0.15, 0.2) is 91.0 Å². The lowest BCUT2D eigenvalue weighted by Gasteiger charge is -2.44. The van der Waals surface area contributed by atoms with Crippen LogP contribution in [0.4, 0.5) is 17.1 Å². The first-order valence-electron chi connectivity index (χ1n) is 10.4. The van der Waals surface area contributed by atoms with E-state index in [1.165, 1.54) is 28.2 Å². The van der Waals surface area contributed by atoms with Gasteiger partial charge in [-0.05, 0) is 47.2 Å². The Kier molecular flexibility index (Phi) is 4.63. The molecule has 0 aromatic heterocycles. The summed E-state index contributed by atoms with van der Waals surface area (Å²) >= 11 is 0. The Morgan fingerprint density at radius 3 is 1.64 bits per heavy atom. The average Bonchev–Trinajstić information content (AvgIpc) is 3.07. The van der Waals surface area contributed by atoms with E-state index in [4.69, 9.17) is 0 Å². The molecule has 0 saturated heterocycles. The minimum absolute atomic E-state index is 0.0397. The summed E-state index contributed by atoms with van der Waals surface area (Å²) in [7, 11) is 0. The van der Waals surface area contributed by atoms with Crippen LogP contribution < -0.4 is 4.90 Å². The third-order valence-corrected chi connectivity index (χ3v) is 5.82. The summed E-state index contributed by atoms with van der Waals surface area (Å²) in [5.41, 5.74) is 6.77. The summed E-state index contributed by atoms with van der Waals surface area (Å²) in [6.07, 6.45) is 5.96. The molecule has 2 aliphatic rings. The monoisotopic (exact) mass is 367 g/mol. The van der Waals surface area contributed by atoms with Crippen LogP contribution in [-0.2, 0) is 5.41 Å². The molecule has 0 saturated carbocycles. The van der Waals surface area contributed by atoms with Crippen LogP contribution >= 0.6 is 0 Å². The van der Waals surface area contributed by atoms with Crippen molar-refractivity contribution in [3.8, 4) is 0 Å². The van der Waals surface area contributed by atoms with Crippen molar-refractivity contribution in [3.05, 3.63) is 102 Å². The van der Waals surface area contributed by atoms with Gasteiger partial charge in [-0.1, -0.05) is 94.4 Å². The maximum Gasteiger partial charge on any atom is 0.0506 e. The van der Waals surface area contributed by atoms with E-state index < -0.39 is 0 Å². The zero-order valence-corrected chi connectivity index (χ0v) is 17.3. The molecule has 1 aliphatic heterocycles. The molecule has 3 aromatic rings. The van der Waals surface area contributed by atoms with Crippen LogP contribution in [0.3, 0.4) is 0 Å². The summed E-state index contributed by atoms with van der Waals surface area (Å²) in [5.74, 6) is 0. The molecule has 0 unspecified atom stereocenters. The largest absolute Gasteiger partial charge is 0.310 e. The molecular weight excluding hydrogens is 338 g/mol. The minimum atomic E-state index is -0.0397. The van der Waals surface area contributed by atoms with Crippen LogP contribution in [0.2, 0.25) is 0 Å². The Balaban J connectivity index is 0.000000932. The number of anilines is 3. The van der Waals surface area contributed by atoms with Gasteiger partial charge in [-0.3, -0.25) is 0 Å². The zero-order chi connectivity index (χ0) is 19.8. The van der Waals surface area contributed by atoms with E-state index in [0.717, 1.165) is 6.42 Å². The van der Waals surface area contributed by atoms with Gasteiger partial charge in [0.25, 0.3) is 0 Å². The van der Waals surface area contributed by atoms with Crippen LogP contribution in [-0.4, -0.2) is 0 Å². The van der Waals surface area contributed by atoms with Gasteiger partial charge in [0.1, 0.15) is 0 Å². The summed E-state index contributed by atoms with van der Waals surface area (Å²) in [4.78, 5) is 2.41. The van der Waals surface area contributed by atoms with Crippen molar-refractivity contribution in [2.75, 3.05) is 4.90 Å². The highest BCUT2D eigenvalue weighted by atomic mass is 15.2. The van der Waals surface area contributed by atoms with Crippen molar-refractivity contribution in [2.24, 2.45) is 5.41 Å². The molecule has 1 spiro atoms. The number of hydrogen-bond acceptors (Lipinski definition) is 1. The molecule has 1 heterocycles. The number of hydrogen-bond donors (Lipinski definition) is 0. The van der Waals surface area contributed by atoms with Gasteiger partial charge in [0.05, 0.1) is 11.4 Å². The highest BCUT2D eigenvalue weighted by Crippen LogP contribution is 2.58. The zero-order valence-electron chi connectivity index (χ0n) is 17.3. The third kappa shape index (κ3) is 2.77. The van der Waals surface area contributed by atoms with E-state index in [2.05, 4.69) is 110 Å². The second-order valence-corrected chi connectivity index (χ2v) is 8.18. The number of para-hydroxylation sites is 3. The number of nitrogens with zero attached hydrogens (tertiary/aromatic N) is 1. The fourth-order valence-electron chi connectivity index (χ4n) is 4.80. The summed E-state index contributed by atoms with van der Waals surface area (Å²) in [6, 6.07) is 28.5. The molecule has 142 valence electrons. The van der Waals surface area contributed by atoms with E-state index >= 15 is 0 Å². The second-order valence-electron chi connectivity index (χ2n) is 8.18.